The Morgan fingerprint density at radius 1 is 1.44 bits per heavy atom. The highest BCUT2D eigenvalue weighted by atomic mass is 35.5. The molecule has 3 nitrogen and oxygen atoms in total. The summed E-state index contributed by atoms with van der Waals surface area (Å²) >= 11 is 7.70. The second-order valence-corrected chi connectivity index (χ2v) is 6.50. The van der Waals surface area contributed by atoms with Crippen LogP contribution in [0.5, 0.6) is 0 Å². The second-order valence-electron chi connectivity index (χ2n) is 5.04. The fraction of sp³-hybridized carbons (Fsp3) is 0.538. The molecule has 2 heterocycles. The Labute approximate surface area is 116 Å². The van der Waals surface area contributed by atoms with Crippen LogP contribution in [-0.2, 0) is 6.42 Å². The van der Waals surface area contributed by atoms with E-state index < -0.39 is 0 Å². The van der Waals surface area contributed by atoms with Gasteiger partial charge in [-0.3, -0.25) is 0 Å². The number of nitrogens with one attached hydrogen (secondary N) is 1. The maximum Gasteiger partial charge on any atom is 0.225 e. The van der Waals surface area contributed by atoms with Gasteiger partial charge in [0.15, 0.2) is 0 Å². The van der Waals surface area contributed by atoms with Crippen LogP contribution >= 0.6 is 22.9 Å². The summed E-state index contributed by atoms with van der Waals surface area (Å²) in [6.07, 6.45) is 3.46. The molecule has 2 aromatic rings. The van der Waals surface area contributed by atoms with E-state index in [-0.39, 0.29) is 0 Å². The molecule has 5 heteroatoms. The van der Waals surface area contributed by atoms with Gasteiger partial charge in [0, 0.05) is 10.9 Å². The fourth-order valence-corrected chi connectivity index (χ4v) is 3.63. The first-order valence-corrected chi connectivity index (χ1v) is 7.57. The molecule has 0 aliphatic heterocycles. The highest BCUT2D eigenvalue weighted by Crippen LogP contribution is 2.34. The summed E-state index contributed by atoms with van der Waals surface area (Å²) in [7, 11) is 0. The number of fused-ring (bicyclic) bond motifs is 1. The molecule has 0 aromatic carbocycles. The molecule has 3 rings (SSSR count). The topological polar surface area (TPSA) is 37.8 Å². The largest absolute Gasteiger partial charge is 0.367 e. The van der Waals surface area contributed by atoms with Crippen LogP contribution in [-0.4, -0.2) is 16.0 Å². The number of hydrogen-bond acceptors (Lipinski definition) is 4. The predicted octanol–water partition coefficient (Wildman–Crippen LogP) is 4.12. The van der Waals surface area contributed by atoms with Gasteiger partial charge in [-0.1, -0.05) is 13.8 Å². The van der Waals surface area contributed by atoms with Crippen LogP contribution < -0.4 is 5.32 Å². The lowest BCUT2D eigenvalue weighted by atomic mass is 9.82. The highest BCUT2D eigenvalue weighted by molar-refractivity contribution is 7.18. The lowest BCUT2D eigenvalue weighted by molar-refractivity contribution is 0.309. The molecule has 0 amide bonds. The third-order valence-corrected chi connectivity index (χ3v) is 4.82. The third kappa shape index (κ3) is 2.19. The van der Waals surface area contributed by atoms with Crippen molar-refractivity contribution in [3.8, 4) is 0 Å². The van der Waals surface area contributed by atoms with Crippen molar-refractivity contribution in [2.75, 3.05) is 5.32 Å². The summed E-state index contributed by atoms with van der Waals surface area (Å²) in [5.74, 6) is 1.72. The SMILES string of the molecule is CCc1cc2c(NC3CC(C)C3)nc(Cl)nc2s1. The van der Waals surface area contributed by atoms with E-state index in [2.05, 4.69) is 35.2 Å². The van der Waals surface area contributed by atoms with E-state index in [1.165, 1.54) is 17.7 Å². The van der Waals surface area contributed by atoms with E-state index in [0.717, 1.165) is 28.4 Å². The van der Waals surface area contributed by atoms with Crippen LogP contribution in [0.1, 0.15) is 31.6 Å². The van der Waals surface area contributed by atoms with Gasteiger partial charge in [-0.15, -0.1) is 11.3 Å². The first-order chi connectivity index (χ1) is 8.65. The summed E-state index contributed by atoms with van der Waals surface area (Å²) in [6, 6.07) is 2.72. The highest BCUT2D eigenvalue weighted by Gasteiger charge is 2.26. The molecule has 0 radical (unpaired) electrons. The number of hydrogen-bond donors (Lipinski definition) is 1. The summed E-state index contributed by atoms with van der Waals surface area (Å²) in [5, 5.41) is 4.95. The van der Waals surface area contributed by atoms with Crippen molar-refractivity contribution in [2.24, 2.45) is 5.92 Å². The van der Waals surface area contributed by atoms with Crippen molar-refractivity contribution in [3.63, 3.8) is 0 Å². The molecule has 2 aromatic heterocycles. The van der Waals surface area contributed by atoms with E-state index >= 15 is 0 Å². The summed E-state index contributed by atoms with van der Waals surface area (Å²) in [5.41, 5.74) is 0. The predicted molar refractivity (Wildman–Crippen MR) is 77.6 cm³/mol. The minimum absolute atomic E-state index is 0.335. The lowest BCUT2D eigenvalue weighted by Gasteiger charge is -2.33. The number of aryl methyl sites for hydroxylation is 1. The van der Waals surface area contributed by atoms with Crippen molar-refractivity contribution < 1.29 is 0 Å². The fourth-order valence-electron chi connectivity index (χ4n) is 2.44. The maximum absolute atomic E-state index is 5.99. The molecular weight excluding hydrogens is 266 g/mol. The molecule has 0 unspecified atom stereocenters. The Hall–Kier alpha value is -0.870. The molecule has 1 aliphatic rings. The molecule has 0 saturated heterocycles. The van der Waals surface area contributed by atoms with Gasteiger partial charge < -0.3 is 5.32 Å². The summed E-state index contributed by atoms with van der Waals surface area (Å²) in [4.78, 5) is 11.0. The van der Waals surface area contributed by atoms with Crippen LogP contribution in [0, 0.1) is 5.92 Å². The Bertz CT molecular complexity index is 575. The number of halogens is 1. The summed E-state index contributed by atoms with van der Waals surface area (Å²) in [6.45, 7) is 4.43. The molecule has 1 fully saturated rings. The number of anilines is 1. The van der Waals surface area contributed by atoms with Crippen LogP contribution in [0.4, 0.5) is 5.82 Å². The Morgan fingerprint density at radius 3 is 2.89 bits per heavy atom. The first-order valence-electron chi connectivity index (χ1n) is 6.38. The van der Waals surface area contributed by atoms with Crippen molar-refractivity contribution in [1.82, 2.24) is 9.97 Å². The van der Waals surface area contributed by atoms with Gasteiger partial charge in [-0.2, -0.15) is 0 Å². The molecule has 0 spiro atoms. The molecule has 0 bridgehead atoms. The smallest absolute Gasteiger partial charge is 0.225 e. The first kappa shape index (κ1) is 12.2. The molecule has 96 valence electrons. The Kier molecular flexibility index (Phi) is 3.16. The van der Waals surface area contributed by atoms with Gasteiger partial charge in [0.25, 0.3) is 0 Å². The summed E-state index contributed by atoms with van der Waals surface area (Å²) < 4.78 is 0. The third-order valence-electron chi connectivity index (χ3n) is 3.48. The monoisotopic (exact) mass is 281 g/mol. The second kappa shape index (κ2) is 4.67. The molecule has 0 atom stereocenters. The number of aromatic nitrogens is 2. The normalized spacial score (nSPS) is 23.1. The van der Waals surface area contributed by atoms with Gasteiger partial charge in [0.1, 0.15) is 10.6 Å². The van der Waals surface area contributed by atoms with Gasteiger partial charge in [-0.25, -0.2) is 9.97 Å². The Balaban J connectivity index is 1.96. The minimum atomic E-state index is 0.335. The van der Waals surface area contributed by atoms with Crippen molar-refractivity contribution in [1.29, 1.82) is 0 Å². The quantitative estimate of drug-likeness (QED) is 0.860. The van der Waals surface area contributed by atoms with Gasteiger partial charge >= 0.3 is 0 Å². The van der Waals surface area contributed by atoms with E-state index in [1.54, 1.807) is 11.3 Å². The molecule has 1 N–H and O–H groups in total. The standard InChI is InChI=1S/C13H16ClN3S/c1-3-9-6-10-11(15-8-4-7(2)5-8)16-13(14)17-12(10)18-9/h6-8H,3-5H2,1-2H3,(H,15,16,17). The van der Waals surface area contributed by atoms with Crippen LogP contribution in [0.25, 0.3) is 10.2 Å². The zero-order valence-corrected chi connectivity index (χ0v) is 12.1. The number of thiophene rings is 1. The minimum Gasteiger partial charge on any atom is -0.367 e. The zero-order chi connectivity index (χ0) is 12.7. The van der Waals surface area contributed by atoms with Crippen LogP contribution in [0.2, 0.25) is 5.28 Å². The number of nitrogens with zero attached hydrogens (tertiary/aromatic N) is 2. The van der Waals surface area contributed by atoms with Crippen LogP contribution in [0.3, 0.4) is 0 Å². The van der Waals surface area contributed by atoms with Gasteiger partial charge in [-0.05, 0) is 42.8 Å². The molecule has 18 heavy (non-hydrogen) atoms. The van der Waals surface area contributed by atoms with Crippen molar-refractivity contribution in [3.05, 3.63) is 16.2 Å². The zero-order valence-electron chi connectivity index (χ0n) is 10.5. The van der Waals surface area contributed by atoms with E-state index in [0.29, 0.717) is 11.3 Å². The number of rotatable bonds is 3. The van der Waals surface area contributed by atoms with E-state index in [9.17, 15) is 0 Å². The van der Waals surface area contributed by atoms with Gasteiger partial charge in [0.05, 0.1) is 5.39 Å². The van der Waals surface area contributed by atoms with Crippen LogP contribution in [0.15, 0.2) is 6.07 Å². The van der Waals surface area contributed by atoms with E-state index in [4.69, 9.17) is 11.6 Å². The Morgan fingerprint density at radius 2 is 2.22 bits per heavy atom. The average molecular weight is 282 g/mol. The van der Waals surface area contributed by atoms with Crippen molar-refractivity contribution in [2.45, 2.75) is 39.2 Å². The van der Waals surface area contributed by atoms with Gasteiger partial charge in [0.2, 0.25) is 5.28 Å². The molecule has 1 saturated carbocycles. The van der Waals surface area contributed by atoms with E-state index in [1.807, 2.05) is 0 Å². The molecular formula is C13H16ClN3S. The average Bonchev–Trinajstić information content (AvgIpc) is 2.69. The lowest BCUT2D eigenvalue weighted by Crippen LogP contribution is -2.34. The maximum atomic E-state index is 5.99. The van der Waals surface area contributed by atoms with Crippen molar-refractivity contribution >= 4 is 39.0 Å². The molecule has 1 aliphatic carbocycles.